The van der Waals surface area contributed by atoms with Gasteiger partial charge in [0.25, 0.3) is 0 Å². The van der Waals surface area contributed by atoms with E-state index in [1.807, 2.05) is 48.5 Å². The quantitative estimate of drug-likeness (QED) is 0.775. The van der Waals surface area contributed by atoms with Crippen LogP contribution in [0.2, 0.25) is 0 Å². The minimum Gasteiger partial charge on any atom is -0.496 e. The zero-order valence-electron chi connectivity index (χ0n) is 10.4. The Labute approximate surface area is 112 Å². The first-order chi connectivity index (χ1) is 8.77. The van der Waals surface area contributed by atoms with Crippen LogP contribution in [0.1, 0.15) is 16.5 Å². The van der Waals surface area contributed by atoms with Crippen LogP contribution in [0.3, 0.4) is 0 Å². The fraction of sp³-hybridized carbons (Fsp3) is 0.200. The largest absolute Gasteiger partial charge is 0.496 e. The Morgan fingerprint density at radius 1 is 0.778 bits per heavy atom. The third-order valence-electron chi connectivity index (χ3n) is 2.82. The summed E-state index contributed by atoms with van der Waals surface area (Å²) in [5.74, 6) is 1.56. The Balaban J connectivity index is 2.44. The Bertz CT molecular complexity index is 478. The maximum Gasteiger partial charge on any atom is 0.123 e. The molecule has 0 bridgehead atoms. The number of rotatable bonds is 4. The summed E-state index contributed by atoms with van der Waals surface area (Å²) in [4.78, 5) is 0. The molecule has 18 heavy (non-hydrogen) atoms. The van der Waals surface area contributed by atoms with Crippen molar-refractivity contribution in [3.63, 3.8) is 0 Å². The highest BCUT2D eigenvalue weighted by Gasteiger charge is 2.18. The third-order valence-corrected chi connectivity index (χ3v) is 3.29. The summed E-state index contributed by atoms with van der Waals surface area (Å²) in [7, 11) is 3.29. The summed E-state index contributed by atoms with van der Waals surface area (Å²) in [6, 6.07) is 15.5. The van der Waals surface area contributed by atoms with Crippen LogP contribution >= 0.6 is 11.6 Å². The molecule has 0 aliphatic heterocycles. The molecule has 2 rings (SSSR count). The third kappa shape index (κ3) is 2.44. The average molecular weight is 263 g/mol. The van der Waals surface area contributed by atoms with Gasteiger partial charge in [0.2, 0.25) is 0 Å². The highest BCUT2D eigenvalue weighted by atomic mass is 35.5. The molecule has 0 aliphatic carbocycles. The van der Waals surface area contributed by atoms with Crippen molar-refractivity contribution in [3.05, 3.63) is 59.7 Å². The molecule has 3 heteroatoms. The molecule has 0 unspecified atom stereocenters. The normalized spacial score (nSPS) is 10.4. The van der Waals surface area contributed by atoms with Gasteiger partial charge < -0.3 is 9.47 Å². The van der Waals surface area contributed by atoms with E-state index >= 15 is 0 Å². The minimum atomic E-state index is -0.294. The number of methoxy groups -OCH3 is 2. The fourth-order valence-corrected chi connectivity index (χ4v) is 2.28. The second-order valence-corrected chi connectivity index (χ2v) is 4.28. The van der Waals surface area contributed by atoms with Gasteiger partial charge in [-0.25, -0.2) is 0 Å². The molecule has 0 saturated carbocycles. The summed E-state index contributed by atoms with van der Waals surface area (Å²) < 4.78 is 10.7. The molecular formula is C15H15ClO2. The molecule has 2 aromatic rings. The highest BCUT2D eigenvalue weighted by Crippen LogP contribution is 2.38. The zero-order valence-corrected chi connectivity index (χ0v) is 11.1. The Morgan fingerprint density at radius 3 is 1.56 bits per heavy atom. The van der Waals surface area contributed by atoms with E-state index in [0.717, 1.165) is 22.6 Å². The predicted octanol–water partition coefficient (Wildman–Crippen LogP) is 4.03. The molecule has 94 valence electrons. The summed E-state index contributed by atoms with van der Waals surface area (Å²) in [5.41, 5.74) is 1.87. The van der Waals surface area contributed by atoms with Gasteiger partial charge in [-0.2, -0.15) is 0 Å². The number of halogens is 1. The van der Waals surface area contributed by atoms with Crippen molar-refractivity contribution in [1.82, 2.24) is 0 Å². The van der Waals surface area contributed by atoms with Crippen molar-refractivity contribution in [1.29, 1.82) is 0 Å². The highest BCUT2D eigenvalue weighted by molar-refractivity contribution is 6.23. The van der Waals surface area contributed by atoms with Crippen molar-refractivity contribution < 1.29 is 9.47 Å². The number of ether oxygens (including phenoxy) is 2. The molecule has 0 aromatic heterocycles. The standard InChI is InChI=1S/C15H15ClO2/c1-17-13-9-5-3-7-11(13)15(16)12-8-4-6-10-14(12)18-2/h3-10,15H,1-2H3. The predicted molar refractivity (Wildman–Crippen MR) is 73.7 cm³/mol. The van der Waals surface area contributed by atoms with Gasteiger partial charge in [-0.3, -0.25) is 0 Å². The molecule has 0 heterocycles. The number of hydrogen-bond acceptors (Lipinski definition) is 2. The first kappa shape index (κ1) is 12.8. The number of benzene rings is 2. The monoisotopic (exact) mass is 262 g/mol. The van der Waals surface area contributed by atoms with Gasteiger partial charge in [0.15, 0.2) is 0 Å². The lowest BCUT2D eigenvalue weighted by molar-refractivity contribution is 0.404. The average Bonchev–Trinajstić information content (AvgIpc) is 2.46. The molecular weight excluding hydrogens is 248 g/mol. The van der Waals surface area contributed by atoms with Gasteiger partial charge in [0, 0.05) is 11.1 Å². The van der Waals surface area contributed by atoms with E-state index in [2.05, 4.69) is 0 Å². The van der Waals surface area contributed by atoms with E-state index < -0.39 is 0 Å². The van der Waals surface area contributed by atoms with Gasteiger partial charge in [0.1, 0.15) is 11.5 Å². The summed E-state index contributed by atoms with van der Waals surface area (Å²) in [6.45, 7) is 0. The maximum atomic E-state index is 6.54. The second kappa shape index (κ2) is 5.78. The van der Waals surface area contributed by atoms with Crippen LogP contribution in [-0.4, -0.2) is 14.2 Å². The van der Waals surface area contributed by atoms with E-state index in [4.69, 9.17) is 21.1 Å². The van der Waals surface area contributed by atoms with Crippen LogP contribution in [0.15, 0.2) is 48.5 Å². The number of para-hydroxylation sites is 2. The van der Waals surface area contributed by atoms with Gasteiger partial charge in [-0.1, -0.05) is 36.4 Å². The van der Waals surface area contributed by atoms with Crippen molar-refractivity contribution in [2.45, 2.75) is 5.38 Å². The molecule has 0 amide bonds. The lowest BCUT2D eigenvalue weighted by Crippen LogP contribution is -1.99. The molecule has 0 aliphatic rings. The molecule has 2 nitrogen and oxygen atoms in total. The van der Waals surface area contributed by atoms with E-state index in [1.165, 1.54) is 0 Å². The van der Waals surface area contributed by atoms with Crippen LogP contribution in [0.4, 0.5) is 0 Å². The van der Waals surface area contributed by atoms with Gasteiger partial charge in [-0.15, -0.1) is 11.6 Å². The summed E-state index contributed by atoms with van der Waals surface area (Å²) >= 11 is 6.54. The van der Waals surface area contributed by atoms with Crippen LogP contribution in [-0.2, 0) is 0 Å². The van der Waals surface area contributed by atoms with Crippen molar-refractivity contribution in [2.24, 2.45) is 0 Å². The second-order valence-electron chi connectivity index (χ2n) is 3.85. The van der Waals surface area contributed by atoms with Crippen LogP contribution in [0.25, 0.3) is 0 Å². The molecule has 0 spiro atoms. The van der Waals surface area contributed by atoms with Gasteiger partial charge >= 0.3 is 0 Å². The van der Waals surface area contributed by atoms with Gasteiger partial charge in [-0.05, 0) is 12.1 Å². The first-order valence-electron chi connectivity index (χ1n) is 5.68. The zero-order chi connectivity index (χ0) is 13.0. The van der Waals surface area contributed by atoms with Crippen LogP contribution < -0.4 is 9.47 Å². The topological polar surface area (TPSA) is 18.5 Å². The van der Waals surface area contributed by atoms with Crippen LogP contribution in [0.5, 0.6) is 11.5 Å². The van der Waals surface area contributed by atoms with Crippen molar-refractivity contribution in [3.8, 4) is 11.5 Å². The van der Waals surface area contributed by atoms with E-state index in [9.17, 15) is 0 Å². The lowest BCUT2D eigenvalue weighted by Gasteiger charge is -2.16. The van der Waals surface area contributed by atoms with Crippen molar-refractivity contribution in [2.75, 3.05) is 14.2 Å². The van der Waals surface area contributed by atoms with Gasteiger partial charge in [0.05, 0.1) is 19.6 Å². The number of alkyl halides is 1. The molecule has 0 atom stereocenters. The smallest absolute Gasteiger partial charge is 0.123 e. The first-order valence-corrected chi connectivity index (χ1v) is 6.11. The molecule has 2 aromatic carbocycles. The molecule has 0 fully saturated rings. The summed E-state index contributed by atoms with van der Waals surface area (Å²) in [6.07, 6.45) is 0. The SMILES string of the molecule is COc1ccccc1C(Cl)c1ccccc1OC. The van der Waals surface area contributed by atoms with Crippen molar-refractivity contribution >= 4 is 11.6 Å². The Kier molecular flexibility index (Phi) is 4.11. The van der Waals surface area contributed by atoms with E-state index in [-0.39, 0.29) is 5.38 Å². The Morgan fingerprint density at radius 2 is 1.17 bits per heavy atom. The molecule has 0 saturated heterocycles. The lowest BCUT2D eigenvalue weighted by atomic mass is 10.0. The molecule has 0 N–H and O–H groups in total. The summed E-state index contributed by atoms with van der Waals surface area (Å²) in [5, 5.41) is -0.294. The minimum absolute atomic E-state index is 0.294. The maximum absolute atomic E-state index is 6.54. The van der Waals surface area contributed by atoms with Crippen LogP contribution in [0, 0.1) is 0 Å². The molecule has 0 radical (unpaired) electrons. The fourth-order valence-electron chi connectivity index (χ4n) is 1.92. The van der Waals surface area contributed by atoms with E-state index in [0.29, 0.717) is 0 Å². The van der Waals surface area contributed by atoms with E-state index in [1.54, 1.807) is 14.2 Å². The number of hydrogen-bond donors (Lipinski definition) is 0. The Hall–Kier alpha value is -1.67.